The van der Waals surface area contributed by atoms with Crippen LogP contribution in [0, 0.1) is 0 Å². The summed E-state index contributed by atoms with van der Waals surface area (Å²) < 4.78 is 37.7. The van der Waals surface area contributed by atoms with E-state index in [1.807, 2.05) is 91.0 Å². The molecule has 9 atom stereocenters. The molecule has 13 heteroatoms. The third kappa shape index (κ3) is 8.78. The number of H-pyrrole nitrogens is 1. The van der Waals surface area contributed by atoms with E-state index >= 15 is 0 Å². The van der Waals surface area contributed by atoms with Gasteiger partial charge in [0.1, 0.15) is 42.7 Å². The molecule has 3 heterocycles. The second-order valence-electron chi connectivity index (χ2n) is 12.0. The highest BCUT2D eigenvalue weighted by Gasteiger charge is 2.52. The molecule has 0 saturated carbocycles. The molecule has 3 aromatic carbocycles. The molecular formula is C36H40N2O11. The van der Waals surface area contributed by atoms with E-state index in [2.05, 4.69) is 4.98 Å². The van der Waals surface area contributed by atoms with Crippen LogP contribution in [0.1, 0.15) is 22.9 Å². The maximum absolute atomic E-state index is 12.7. The fourth-order valence-corrected chi connectivity index (χ4v) is 5.87. The van der Waals surface area contributed by atoms with Crippen LogP contribution in [0.25, 0.3) is 0 Å². The number of aromatic amines is 1. The Balaban J connectivity index is 1.23. The zero-order valence-electron chi connectivity index (χ0n) is 26.6. The van der Waals surface area contributed by atoms with Crippen molar-refractivity contribution in [2.75, 3.05) is 13.2 Å². The first-order valence-electron chi connectivity index (χ1n) is 16.1. The van der Waals surface area contributed by atoms with E-state index in [-0.39, 0.29) is 33.0 Å². The quantitative estimate of drug-likeness (QED) is 0.153. The monoisotopic (exact) mass is 676 g/mol. The molecule has 13 nitrogen and oxygen atoms in total. The first-order chi connectivity index (χ1) is 23.9. The molecule has 0 spiro atoms. The summed E-state index contributed by atoms with van der Waals surface area (Å²) in [7, 11) is 0. The third-order valence-electron chi connectivity index (χ3n) is 8.44. The average Bonchev–Trinajstić information content (AvgIpc) is 3.41. The second-order valence-corrected chi connectivity index (χ2v) is 12.0. The molecule has 0 bridgehead atoms. The van der Waals surface area contributed by atoms with Crippen LogP contribution in [-0.2, 0) is 48.2 Å². The van der Waals surface area contributed by atoms with Crippen LogP contribution in [0.5, 0.6) is 0 Å². The summed E-state index contributed by atoms with van der Waals surface area (Å²) in [6.45, 7) is 0.412. The predicted molar refractivity (Wildman–Crippen MR) is 174 cm³/mol. The highest BCUT2D eigenvalue weighted by molar-refractivity contribution is 5.15. The number of aromatic nitrogens is 2. The molecule has 4 N–H and O–H groups in total. The minimum absolute atomic E-state index is 0.0533. The van der Waals surface area contributed by atoms with Gasteiger partial charge in [0.15, 0.2) is 12.5 Å². The van der Waals surface area contributed by atoms with Crippen molar-refractivity contribution >= 4 is 0 Å². The summed E-state index contributed by atoms with van der Waals surface area (Å²) in [5, 5.41) is 34.0. The topological polar surface area (TPSA) is 171 Å². The molecule has 1 aromatic heterocycles. The molecule has 4 aromatic rings. The number of nitrogens with one attached hydrogen (secondary N) is 1. The van der Waals surface area contributed by atoms with Crippen molar-refractivity contribution in [3.8, 4) is 0 Å². The van der Waals surface area contributed by atoms with E-state index in [9.17, 15) is 24.9 Å². The van der Waals surface area contributed by atoms with E-state index in [1.54, 1.807) is 0 Å². The molecule has 2 fully saturated rings. The van der Waals surface area contributed by atoms with Gasteiger partial charge in [0, 0.05) is 12.3 Å². The standard InChI is InChI=1S/C36H40N2O11/c39-28-16-17-38(36(43)37-28)34-31(42)32(27(47-34)22-45-19-24-12-6-2-7-13-24)49-35-33(46-20-25-14-8-3-9-15-25)30(41)29(40)26(48-35)21-44-18-23-10-4-1-5-11-23/h1-17,26-27,29-35,40-42H,18-22H2,(H,37,39,43)/t26-,27-,29-,30+,31-,32-,33-,34-,35-/m1/s1. The van der Waals surface area contributed by atoms with Crippen LogP contribution in [0.3, 0.4) is 0 Å². The molecule has 0 aliphatic carbocycles. The van der Waals surface area contributed by atoms with Gasteiger partial charge < -0.3 is 43.7 Å². The lowest BCUT2D eigenvalue weighted by molar-refractivity contribution is -0.329. The number of benzene rings is 3. The van der Waals surface area contributed by atoms with Gasteiger partial charge >= 0.3 is 5.69 Å². The molecule has 2 saturated heterocycles. The van der Waals surface area contributed by atoms with Gasteiger partial charge in [-0.05, 0) is 16.7 Å². The van der Waals surface area contributed by atoms with Crippen molar-refractivity contribution in [3.05, 3.63) is 141 Å². The van der Waals surface area contributed by atoms with E-state index in [4.69, 9.17) is 28.4 Å². The number of aliphatic hydroxyl groups excluding tert-OH is 3. The highest BCUT2D eigenvalue weighted by atomic mass is 16.7. The molecule has 2 aliphatic heterocycles. The van der Waals surface area contributed by atoms with Crippen LogP contribution in [0.15, 0.2) is 113 Å². The number of ether oxygens (including phenoxy) is 6. The number of hydrogen-bond acceptors (Lipinski definition) is 11. The minimum Gasteiger partial charge on any atom is -0.387 e. The highest BCUT2D eigenvalue weighted by Crippen LogP contribution is 2.35. The van der Waals surface area contributed by atoms with Crippen molar-refractivity contribution in [2.24, 2.45) is 0 Å². The average molecular weight is 677 g/mol. The van der Waals surface area contributed by atoms with Crippen molar-refractivity contribution < 1.29 is 43.7 Å². The van der Waals surface area contributed by atoms with E-state index < -0.39 is 66.5 Å². The Morgan fingerprint density at radius 1 is 0.633 bits per heavy atom. The summed E-state index contributed by atoms with van der Waals surface area (Å²) in [6.07, 6.45) is -9.98. The Bertz CT molecular complexity index is 1700. The normalized spacial score (nSPS) is 28.4. The minimum atomic E-state index is -1.46. The van der Waals surface area contributed by atoms with Crippen LogP contribution in [-0.4, -0.2) is 87.1 Å². The maximum atomic E-state index is 12.7. The Morgan fingerprint density at radius 3 is 1.76 bits per heavy atom. The van der Waals surface area contributed by atoms with Gasteiger partial charge in [-0.25, -0.2) is 4.79 Å². The van der Waals surface area contributed by atoms with Gasteiger partial charge in [-0.3, -0.25) is 14.3 Å². The maximum Gasteiger partial charge on any atom is 0.330 e. The van der Waals surface area contributed by atoms with Crippen LogP contribution in [0.2, 0.25) is 0 Å². The lowest BCUT2D eigenvalue weighted by Gasteiger charge is -2.43. The molecule has 49 heavy (non-hydrogen) atoms. The molecular weight excluding hydrogens is 636 g/mol. The zero-order chi connectivity index (χ0) is 34.2. The predicted octanol–water partition coefficient (Wildman–Crippen LogP) is 1.65. The van der Waals surface area contributed by atoms with Crippen LogP contribution in [0.4, 0.5) is 0 Å². The zero-order valence-corrected chi connectivity index (χ0v) is 26.6. The molecule has 0 radical (unpaired) electrons. The first-order valence-corrected chi connectivity index (χ1v) is 16.1. The van der Waals surface area contributed by atoms with Crippen LogP contribution < -0.4 is 11.2 Å². The van der Waals surface area contributed by atoms with Gasteiger partial charge in [0.05, 0.1) is 33.0 Å². The van der Waals surface area contributed by atoms with Gasteiger partial charge in [-0.1, -0.05) is 91.0 Å². The molecule has 0 unspecified atom stereocenters. The molecule has 260 valence electrons. The first kappa shape index (κ1) is 34.8. The fourth-order valence-electron chi connectivity index (χ4n) is 5.87. The van der Waals surface area contributed by atoms with Gasteiger partial charge in [0.2, 0.25) is 0 Å². The van der Waals surface area contributed by atoms with E-state index in [0.29, 0.717) is 0 Å². The van der Waals surface area contributed by atoms with Crippen LogP contribution >= 0.6 is 0 Å². The van der Waals surface area contributed by atoms with Gasteiger partial charge in [-0.15, -0.1) is 0 Å². The Kier molecular flexibility index (Phi) is 11.8. The Hall–Kier alpha value is -4.02. The van der Waals surface area contributed by atoms with Crippen molar-refractivity contribution in [1.82, 2.24) is 9.55 Å². The van der Waals surface area contributed by atoms with Gasteiger partial charge in [-0.2, -0.15) is 0 Å². The lowest BCUT2D eigenvalue weighted by Crippen LogP contribution is -2.61. The fraction of sp³-hybridized carbons (Fsp3) is 0.389. The van der Waals surface area contributed by atoms with Gasteiger partial charge in [0.25, 0.3) is 5.56 Å². The summed E-state index contributed by atoms with van der Waals surface area (Å²) >= 11 is 0. The van der Waals surface area contributed by atoms with Crippen molar-refractivity contribution in [3.63, 3.8) is 0 Å². The number of rotatable bonds is 14. The van der Waals surface area contributed by atoms with E-state index in [0.717, 1.165) is 27.3 Å². The molecule has 6 rings (SSSR count). The van der Waals surface area contributed by atoms with Crippen molar-refractivity contribution in [1.29, 1.82) is 0 Å². The second kappa shape index (κ2) is 16.6. The molecule has 0 amide bonds. The summed E-state index contributed by atoms with van der Waals surface area (Å²) in [6, 6.07) is 29.3. The number of nitrogens with zero attached hydrogens (tertiary/aromatic N) is 1. The number of hydrogen-bond donors (Lipinski definition) is 4. The number of aliphatic hydroxyl groups is 3. The lowest BCUT2D eigenvalue weighted by atomic mass is 9.98. The summed E-state index contributed by atoms with van der Waals surface area (Å²) in [5.74, 6) is 0. The molecule has 2 aliphatic rings. The summed E-state index contributed by atoms with van der Waals surface area (Å²) in [4.78, 5) is 26.6. The van der Waals surface area contributed by atoms with E-state index in [1.165, 1.54) is 6.20 Å². The summed E-state index contributed by atoms with van der Waals surface area (Å²) in [5.41, 5.74) is 1.25. The Labute approximate surface area is 282 Å². The van der Waals surface area contributed by atoms with Crippen molar-refractivity contribution in [2.45, 2.75) is 75.1 Å². The smallest absolute Gasteiger partial charge is 0.330 e. The third-order valence-corrected chi connectivity index (χ3v) is 8.44. The SMILES string of the molecule is O=c1ccn([C@@H]2O[C@H](COCc3ccccc3)[C@@H](O[C@H]3O[C@H](COCc4ccccc4)[C@@H](O)[C@H](O)[C@H]3OCc3ccccc3)[C@H]2O)c(=O)[nH]1. The largest absolute Gasteiger partial charge is 0.387 e. The Morgan fingerprint density at radius 2 is 1.18 bits per heavy atom.